The van der Waals surface area contributed by atoms with E-state index in [4.69, 9.17) is 5.26 Å². The van der Waals surface area contributed by atoms with Crippen LogP contribution in [0.15, 0.2) is 6.20 Å². The third kappa shape index (κ3) is 2.15. The van der Waals surface area contributed by atoms with Gasteiger partial charge in [0.1, 0.15) is 11.6 Å². The van der Waals surface area contributed by atoms with Crippen molar-refractivity contribution in [2.45, 2.75) is 27.3 Å². The maximum atomic E-state index is 9.16. The topological polar surface area (TPSA) is 90.3 Å². The average molecular weight is 242 g/mol. The zero-order chi connectivity index (χ0) is 13.1. The van der Waals surface area contributed by atoms with Crippen molar-refractivity contribution in [3.05, 3.63) is 34.3 Å². The zero-order valence-electron chi connectivity index (χ0n) is 10.6. The number of aromatic amines is 1. The van der Waals surface area contributed by atoms with Crippen molar-refractivity contribution in [3.8, 4) is 6.07 Å². The van der Waals surface area contributed by atoms with E-state index >= 15 is 0 Å². The van der Waals surface area contributed by atoms with E-state index in [0.29, 0.717) is 17.9 Å². The number of nitrogens with zero attached hydrogens (tertiary/aromatic N) is 4. The van der Waals surface area contributed by atoms with Crippen molar-refractivity contribution in [3.63, 3.8) is 0 Å². The maximum Gasteiger partial charge on any atom is 0.167 e. The summed E-state index contributed by atoms with van der Waals surface area (Å²) in [5.41, 5.74) is 4.22. The van der Waals surface area contributed by atoms with E-state index in [9.17, 15) is 0 Å². The molecule has 2 rings (SSSR count). The Morgan fingerprint density at radius 2 is 2.11 bits per heavy atom. The standard InChI is InChI=1S/C12H14N6/c1-7-8(2)17-18-12(11(7)4-13)14-5-10-6-15-16-9(10)3/h6H,5H2,1-3H3,(H,14,18)(H,15,16). The molecule has 0 radical (unpaired) electrons. The largest absolute Gasteiger partial charge is 0.363 e. The van der Waals surface area contributed by atoms with E-state index in [1.165, 1.54) is 0 Å². The summed E-state index contributed by atoms with van der Waals surface area (Å²) in [4.78, 5) is 0. The number of anilines is 1. The van der Waals surface area contributed by atoms with Gasteiger partial charge in [0.2, 0.25) is 0 Å². The second-order valence-electron chi connectivity index (χ2n) is 4.12. The molecule has 0 fully saturated rings. The molecule has 0 aliphatic rings. The number of hydrogen-bond donors (Lipinski definition) is 2. The molecule has 0 atom stereocenters. The minimum atomic E-state index is 0.515. The summed E-state index contributed by atoms with van der Waals surface area (Å²) in [6.45, 7) is 6.22. The molecule has 2 aromatic rings. The number of aromatic nitrogens is 4. The van der Waals surface area contributed by atoms with Crippen LogP contribution in [-0.2, 0) is 6.54 Å². The van der Waals surface area contributed by atoms with Crippen LogP contribution >= 0.6 is 0 Å². The van der Waals surface area contributed by atoms with Gasteiger partial charge >= 0.3 is 0 Å². The Morgan fingerprint density at radius 3 is 2.72 bits per heavy atom. The van der Waals surface area contributed by atoms with Crippen molar-refractivity contribution in [2.75, 3.05) is 5.32 Å². The summed E-state index contributed by atoms with van der Waals surface area (Å²) in [6, 6.07) is 2.16. The zero-order valence-corrected chi connectivity index (χ0v) is 10.6. The number of nitrogens with one attached hydrogen (secondary N) is 2. The summed E-state index contributed by atoms with van der Waals surface area (Å²) >= 11 is 0. The molecule has 2 aromatic heterocycles. The van der Waals surface area contributed by atoms with Crippen LogP contribution in [0.5, 0.6) is 0 Å². The minimum absolute atomic E-state index is 0.515. The smallest absolute Gasteiger partial charge is 0.167 e. The van der Waals surface area contributed by atoms with Crippen molar-refractivity contribution in [1.82, 2.24) is 20.4 Å². The normalized spacial score (nSPS) is 10.1. The molecular weight excluding hydrogens is 228 g/mol. The number of aryl methyl sites for hydroxylation is 2. The van der Waals surface area contributed by atoms with Crippen LogP contribution in [0, 0.1) is 32.1 Å². The number of hydrogen-bond acceptors (Lipinski definition) is 5. The van der Waals surface area contributed by atoms with Gasteiger partial charge in [-0.25, -0.2) is 0 Å². The summed E-state index contributed by atoms with van der Waals surface area (Å²) in [5, 5.41) is 27.1. The van der Waals surface area contributed by atoms with Gasteiger partial charge in [0.25, 0.3) is 0 Å². The predicted molar refractivity (Wildman–Crippen MR) is 66.9 cm³/mol. The van der Waals surface area contributed by atoms with Crippen molar-refractivity contribution < 1.29 is 0 Å². The minimum Gasteiger partial charge on any atom is -0.363 e. The summed E-state index contributed by atoms with van der Waals surface area (Å²) in [7, 11) is 0. The van der Waals surface area contributed by atoms with Gasteiger partial charge in [-0.1, -0.05) is 0 Å². The molecule has 0 amide bonds. The Hall–Kier alpha value is -2.42. The number of rotatable bonds is 3. The molecule has 0 aliphatic carbocycles. The highest BCUT2D eigenvalue weighted by Crippen LogP contribution is 2.18. The van der Waals surface area contributed by atoms with E-state index in [0.717, 1.165) is 22.5 Å². The first-order valence-electron chi connectivity index (χ1n) is 5.60. The number of H-pyrrole nitrogens is 1. The van der Waals surface area contributed by atoms with Crippen LogP contribution in [0.4, 0.5) is 5.82 Å². The first-order chi connectivity index (χ1) is 8.63. The van der Waals surface area contributed by atoms with Crippen LogP contribution < -0.4 is 5.32 Å². The molecule has 0 aromatic carbocycles. The van der Waals surface area contributed by atoms with Crippen molar-refractivity contribution in [2.24, 2.45) is 0 Å². The van der Waals surface area contributed by atoms with Gasteiger partial charge in [-0.05, 0) is 26.3 Å². The number of nitriles is 1. The molecule has 2 heterocycles. The van der Waals surface area contributed by atoms with Crippen LogP contribution in [0.3, 0.4) is 0 Å². The van der Waals surface area contributed by atoms with E-state index in [-0.39, 0.29) is 0 Å². The molecule has 6 nitrogen and oxygen atoms in total. The molecule has 0 bridgehead atoms. The quantitative estimate of drug-likeness (QED) is 0.853. The third-order valence-electron chi connectivity index (χ3n) is 2.95. The van der Waals surface area contributed by atoms with E-state index < -0.39 is 0 Å². The first-order valence-corrected chi connectivity index (χ1v) is 5.60. The third-order valence-corrected chi connectivity index (χ3v) is 2.95. The second kappa shape index (κ2) is 4.84. The SMILES string of the molecule is Cc1nnc(NCc2cn[nH]c2C)c(C#N)c1C. The molecule has 0 unspecified atom stereocenters. The Kier molecular flexibility index (Phi) is 3.24. The van der Waals surface area contributed by atoms with E-state index in [1.807, 2.05) is 20.8 Å². The summed E-state index contributed by atoms with van der Waals surface area (Å²) < 4.78 is 0. The van der Waals surface area contributed by atoms with Crippen LogP contribution in [0.2, 0.25) is 0 Å². The molecule has 2 N–H and O–H groups in total. The lowest BCUT2D eigenvalue weighted by Crippen LogP contribution is -2.07. The van der Waals surface area contributed by atoms with E-state index in [2.05, 4.69) is 31.8 Å². The fraction of sp³-hybridized carbons (Fsp3) is 0.333. The predicted octanol–water partition coefficient (Wildman–Crippen LogP) is 1.61. The van der Waals surface area contributed by atoms with Gasteiger partial charge < -0.3 is 5.32 Å². The highest BCUT2D eigenvalue weighted by atomic mass is 15.2. The molecule has 0 aliphatic heterocycles. The maximum absolute atomic E-state index is 9.16. The highest BCUT2D eigenvalue weighted by Gasteiger charge is 2.10. The lowest BCUT2D eigenvalue weighted by atomic mass is 10.1. The van der Waals surface area contributed by atoms with Gasteiger partial charge in [0.05, 0.1) is 11.9 Å². The first kappa shape index (κ1) is 12.0. The molecule has 0 spiro atoms. The fourth-order valence-corrected chi connectivity index (χ4v) is 1.60. The Balaban J connectivity index is 2.23. The van der Waals surface area contributed by atoms with Gasteiger partial charge in [0, 0.05) is 17.8 Å². The fourth-order valence-electron chi connectivity index (χ4n) is 1.60. The van der Waals surface area contributed by atoms with Gasteiger partial charge in [-0.3, -0.25) is 5.10 Å². The van der Waals surface area contributed by atoms with Crippen LogP contribution in [-0.4, -0.2) is 20.4 Å². The Labute approximate surface area is 105 Å². The van der Waals surface area contributed by atoms with Crippen molar-refractivity contribution >= 4 is 5.82 Å². The second-order valence-corrected chi connectivity index (χ2v) is 4.12. The Bertz CT molecular complexity index is 608. The van der Waals surface area contributed by atoms with Gasteiger partial charge in [-0.15, -0.1) is 5.10 Å². The van der Waals surface area contributed by atoms with Gasteiger partial charge in [0.15, 0.2) is 5.82 Å². The lowest BCUT2D eigenvalue weighted by molar-refractivity contribution is 0.939. The molecule has 92 valence electrons. The molecule has 18 heavy (non-hydrogen) atoms. The van der Waals surface area contributed by atoms with Crippen molar-refractivity contribution in [1.29, 1.82) is 5.26 Å². The van der Waals surface area contributed by atoms with Crippen LogP contribution in [0.1, 0.15) is 28.1 Å². The summed E-state index contributed by atoms with van der Waals surface area (Å²) in [6.07, 6.45) is 1.75. The van der Waals surface area contributed by atoms with E-state index in [1.54, 1.807) is 6.20 Å². The monoisotopic (exact) mass is 242 g/mol. The average Bonchev–Trinajstić information content (AvgIpc) is 2.76. The Morgan fingerprint density at radius 1 is 1.33 bits per heavy atom. The molecule has 0 saturated heterocycles. The molecule has 0 saturated carbocycles. The van der Waals surface area contributed by atoms with Crippen LogP contribution in [0.25, 0.3) is 0 Å². The van der Waals surface area contributed by atoms with Gasteiger partial charge in [-0.2, -0.15) is 15.5 Å². The summed E-state index contributed by atoms with van der Waals surface area (Å²) in [5.74, 6) is 0.515. The molecule has 6 heteroatoms. The molecular formula is C12H14N6. The lowest BCUT2D eigenvalue weighted by Gasteiger charge is -2.08. The highest BCUT2D eigenvalue weighted by molar-refractivity contribution is 5.55.